The van der Waals surface area contributed by atoms with Crippen molar-refractivity contribution >= 4 is 40.9 Å². The van der Waals surface area contributed by atoms with E-state index in [4.69, 9.17) is 21.1 Å². The molecule has 0 spiro atoms. The van der Waals surface area contributed by atoms with Gasteiger partial charge in [-0.05, 0) is 49.7 Å². The van der Waals surface area contributed by atoms with Gasteiger partial charge in [0.1, 0.15) is 12.4 Å². The average Bonchev–Trinajstić information content (AvgIpc) is 3.21. The molecule has 0 aliphatic rings. The van der Waals surface area contributed by atoms with Crippen LogP contribution >= 0.6 is 23.4 Å². The number of thioether (sulfide) groups is 1. The summed E-state index contributed by atoms with van der Waals surface area (Å²) in [5.74, 6) is 0.503. The Morgan fingerprint density at radius 2 is 2.03 bits per heavy atom. The van der Waals surface area contributed by atoms with Gasteiger partial charge < -0.3 is 14.8 Å². The number of halogens is 1. The molecule has 3 aromatic rings. The van der Waals surface area contributed by atoms with Crippen molar-refractivity contribution in [2.75, 3.05) is 17.7 Å². The molecule has 2 N–H and O–H groups in total. The Labute approximate surface area is 188 Å². The van der Waals surface area contributed by atoms with Crippen LogP contribution in [-0.4, -0.2) is 39.4 Å². The average molecular weight is 461 g/mol. The molecule has 1 heterocycles. The van der Waals surface area contributed by atoms with Crippen LogP contribution in [0.15, 0.2) is 47.6 Å². The van der Waals surface area contributed by atoms with Gasteiger partial charge in [-0.15, -0.1) is 5.10 Å². The molecule has 10 heteroatoms. The molecule has 1 amide bonds. The molecular weight excluding hydrogens is 440 g/mol. The molecule has 31 heavy (non-hydrogen) atoms. The van der Waals surface area contributed by atoms with Crippen molar-refractivity contribution in [3.05, 3.63) is 64.4 Å². The molecule has 0 saturated carbocycles. The third kappa shape index (κ3) is 6.47. The zero-order valence-corrected chi connectivity index (χ0v) is 18.5. The molecule has 162 valence electrons. The molecule has 8 nitrogen and oxygen atoms in total. The molecular formula is C21H21ClN4O4S. The van der Waals surface area contributed by atoms with Crippen LogP contribution in [0, 0.1) is 6.92 Å². The van der Waals surface area contributed by atoms with Crippen LogP contribution in [0.5, 0.6) is 5.75 Å². The molecule has 0 fully saturated rings. The number of amides is 1. The van der Waals surface area contributed by atoms with Gasteiger partial charge in [-0.25, -0.2) is 9.78 Å². The summed E-state index contributed by atoms with van der Waals surface area (Å²) in [6.45, 7) is 4.08. The number of aryl methyl sites for hydroxylation is 1. The largest absolute Gasteiger partial charge is 0.486 e. The summed E-state index contributed by atoms with van der Waals surface area (Å²) < 4.78 is 10.7. The van der Waals surface area contributed by atoms with Gasteiger partial charge >= 0.3 is 5.97 Å². The predicted molar refractivity (Wildman–Crippen MR) is 119 cm³/mol. The Hall–Kier alpha value is -3.04. The minimum Gasteiger partial charge on any atom is -0.486 e. The third-order valence-corrected chi connectivity index (χ3v) is 5.32. The van der Waals surface area contributed by atoms with E-state index in [1.807, 2.05) is 13.0 Å². The molecule has 0 radical (unpaired) electrons. The first-order valence-electron chi connectivity index (χ1n) is 9.45. The van der Waals surface area contributed by atoms with Gasteiger partial charge in [0.2, 0.25) is 11.1 Å². The molecule has 0 saturated heterocycles. The van der Waals surface area contributed by atoms with Crippen LogP contribution in [0.1, 0.15) is 28.7 Å². The number of H-pyrrole nitrogens is 1. The van der Waals surface area contributed by atoms with Crippen molar-refractivity contribution in [3.8, 4) is 5.75 Å². The summed E-state index contributed by atoms with van der Waals surface area (Å²) in [5, 5.41) is 10.7. The van der Waals surface area contributed by atoms with Crippen molar-refractivity contribution in [1.82, 2.24) is 15.2 Å². The summed E-state index contributed by atoms with van der Waals surface area (Å²) >= 11 is 7.17. The standard InChI is InChI=1S/C21H21ClN4O4S/c1-3-29-20(28)15-6-4-5-7-17(15)23-19(27)12-31-21-24-18(25-26-21)11-30-14-8-9-16(22)13(2)10-14/h4-10H,3,11-12H2,1-2H3,(H,23,27)(H,24,25,26). The number of aromatic amines is 1. The van der Waals surface area contributed by atoms with Crippen LogP contribution in [0.2, 0.25) is 5.02 Å². The van der Waals surface area contributed by atoms with Gasteiger partial charge in [-0.1, -0.05) is 35.5 Å². The number of aromatic nitrogens is 3. The lowest BCUT2D eigenvalue weighted by Gasteiger charge is -2.09. The van der Waals surface area contributed by atoms with Gasteiger partial charge in [0.15, 0.2) is 5.82 Å². The van der Waals surface area contributed by atoms with Crippen LogP contribution in [-0.2, 0) is 16.1 Å². The monoisotopic (exact) mass is 460 g/mol. The topological polar surface area (TPSA) is 106 Å². The van der Waals surface area contributed by atoms with Crippen LogP contribution < -0.4 is 10.1 Å². The van der Waals surface area contributed by atoms with Crippen LogP contribution in [0.3, 0.4) is 0 Å². The molecule has 3 rings (SSSR count). The Kier molecular flexibility index (Phi) is 7.91. The van der Waals surface area contributed by atoms with E-state index < -0.39 is 5.97 Å². The molecule has 0 unspecified atom stereocenters. The van der Waals surface area contributed by atoms with E-state index in [-0.39, 0.29) is 24.9 Å². The Balaban J connectivity index is 1.51. The van der Waals surface area contributed by atoms with Gasteiger partial charge in [0, 0.05) is 5.02 Å². The quantitative estimate of drug-likeness (QED) is 0.363. The molecule has 0 aliphatic heterocycles. The summed E-state index contributed by atoms with van der Waals surface area (Å²) in [4.78, 5) is 28.6. The number of anilines is 1. The molecule has 0 aliphatic carbocycles. The predicted octanol–water partition coefficient (Wildman–Crippen LogP) is 4.25. The highest BCUT2D eigenvalue weighted by Gasteiger charge is 2.15. The Morgan fingerprint density at radius 3 is 2.81 bits per heavy atom. The number of rotatable bonds is 9. The lowest BCUT2D eigenvalue weighted by atomic mass is 10.2. The lowest BCUT2D eigenvalue weighted by Crippen LogP contribution is -2.17. The van der Waals surface area contributed by atoms with Crippen molar-refractivity contribution in [2.45, 2.75) is 25.6 Å². The second-order valence-corrected chi connectivity index (χ2v) is 7.72. The first kappa shape index (κ1) is 22.6. The Bertz CT molecular complexity index is 1070. The fourth-order valence-electron chi connectivity index (χ4n) is 2.56. The van der Waals surface area contributed by atoms with Gasteiger partial charge in [0.05, 0.1) is 23.6 Å². The first-order chi connectivity index (χ1) is 15.0. The SMILES string of the molecule is CCOC(=O)c1ccccc1NC(=O)CSc1n[nH]c(COc2ccc(Cl)c(C)c2)n1. The van der Waals surface area contributed by atoms with E-state index in [9.17, 15) is 9.59 Å². The highest BCUT2D eigenvalue weighted by atomic mass is 35.5. The second-order valence-electron chi connectivity index (χ2n) is 6.37. The van der Waals surface area contributed by atoms with E-state index in [1.165, 1.54) is 0 Å². The number of carbonyl (C=O) groups is 2. The minimum atomic E-state index is -0.486. The second kappa shape index (κ2) is 10.8. The summed E-state index contributed by atoms with van der Waals surface area (Å²) in [6, 6.07) is 12.1. The zero-order chi connectivity index (χ0) is 22.2. The first-order valence-corrected chi connectivity index (χ1v) is 10.8. The van der Waals surface area contributed by atoms with Crippen molar-refractivity contribution in [1.29, 1.82) is 0 Å². The number of nitrogens with zero attached hydrogens (tertiary/aromatic N) is 2. The number of ether oxygens (including phenoxy) is 2. The maximum absolute atomic E-state index is 12.3. The minimum absolute atomic E-state index is 0.0751. The van der Waals surface area contributed by atoms with Gasteiger partial charge in [0.25, 0.3) is 0 Å². The van der Waals surface area contributed by atoms with E-state index in [0.29, 0.717) is 33.0 Å². The van der Waals surface area contributed by atoms with Gasteiger partial charge in [-0.2, -0.15) is 0 Å². The molecule has 0 bridgehead atoms. The lowest BCUT2D eigenvalue weighted by molar-refractivity contribution is -0.113. The van der Waals surface area contributed by atoms with Crippen molar-refractivity contribution in [2.24, 2.45) is 0 Å². The number of carbonyl (C=O) groups excluding carboxylic acids is 2. The number of nitrogens with one attached hydrogen (secondary N) is 2. The molecule has 1 aromatic heterocycles. The van der Waals surface area contributed by atoms with Gasteiger partial charge in [-0.3, -0.25) is 9.89 Å². The van der Waals surface area contributed by atoms with Crippen LogP contribution in [0.4, 0.5) is 5.69 Å². The number of esters is 1. The number of benzene rings is 2. The Morgan fingerprint density at radius 1 is 1.23 bits per heavy atom. The smallest absolute Gasteiger partial charge is 0.340 e. The number of hydrogen-bond donors (Lipinski definition) is 2. The van der Waals surface area contributed by atoms with E-state index in [0.717, 1.165) is 17.3 Å². The summed E-state index contributed by atoms with van der Waals surface area (Å²) in [7, 11) is 0. The number of hydrogen-bond acceptors (Lipinski definition) is 7. The fourth-order valence-corrected chi connectivity index (χ4v) is 3.30. The van der Waals surface area contributed by atoms with Crippen LogP contribution in [0.25, 0.3) is 0 Å². The molecule has 0 atom stereocenters. The maximum atomic E-state index is 12.3. The number of para-hydroxylation sites is 1. The van der Waals surface area contributed by atoms with E-state index >= 15 is 0 Å². The van der Waals surface area contributed by atoms with E-state index in [1.54, 1.807) is 43.3 Å². The van der Waals surface area contributed by atoms with E-state index in [2.05, 4.69) is 20.5 Å². The maximum Gasteiger partial charge on any atom is 0.340 e. The highest BCUT2D eigenvalue weighted by Crippen LogP contribution is 2.22. The summed E-state index contributed by atoms with van der Waals surface area (Å²) in [5.41, 5.74) is 1.62. The normalized spacial score (nSPS) is 10.5. The van der Waals surface area contributed by atoms with Crippen molar-refractivity contribution < 1.29 is 19.1 Å². The zero-order valence-electron chi connectivity index (χ0n) is 17.0. The molecule has 2 aromatic carbocycles. The van der Waals surface area contributed by atoms with Crippen molar-refractivity contribution in [3.63, 3.8) is 0 Å². The third-order valence-electron chi connectivity index (χ3n) is 4.05. The fraction of sp³-hybridized carbons (Fsp3) is 0.238. The summed E-state index contributed by atoms with van der Waals surface area (Å²) in [6.07, 6.45) is 0. The highest BCUT2D eigenvalue weighted by molar-refractivity contribution is 7.99.